The molecular weight excluding hydrogens is 372 g/mol. The molecule has 0 aromatic heterocycles. The Hall–Kier alpha value is -0.630. The van der Waals surface area contributed by atoms with E-state index in [9.17, 15) is 13.2 Å². The molecule has 0 saturated heterocycles. The third kappa shape index (κ3) is 5.40. The quantitative estimate of drug-likeness (QED) is 0.410. The van der Waals surface area contributed by atoms with Crippen LogP contribution in [0.3, 0.4) is 0 Å². The van der Waals surface area contributed by atoms with E-state index in [1.807, 2.05) is 6.92 Å². The topological polar surface area (TPSA) is 69.7 Å². The van der Waals surface area contributed by atoms with Crippen molar-refractivity contribution in [3.8, 4) is 0 Å². The molecule has 5 nitrogen and oxygen atoms in total. The van der Waals surface area contributed by atoms with Gasteiger partial charge in [-0.2, -0.15) is 0 Å². The van der Waals surface area contributed by atoms with E-state index in [4.69, 9.17) is 20.2 Å². The molecule has 0 atom stereocenters. The fourth-order valence-electron chi connectivity index (χ4n) is 1.33. The largest absolute Gasteiger partial charge is 0.460 e. The minimum absolute atomic E-state index is 0.0993. The third-order valence-electron chi connectivity index (χ3n) is 2.25. The number of carbonyl (C=O) groups excluding carboxylic acids is 1. The summed E-state index contributed by atoms with van der Waals surface area (Å²) in [6.07, 6.45) is 0.884. The van der Waals surface area contributed by atoms with E-state index in [0.717, 1.165) is 6.42 Å². The van der Waals surface area contributed by atoms with Gasteiger partial charge in [0.15, 0.2) is 0 Å². The number of hydrogen-bond donors (Lipinski definition) is 0. The fourth-order valence-corrected chi connectivity index (χ4v) is 2.52. The Balaban J connectivity index is 2.72. The first-order chi connectivity index (χ1) is 9.36. The molecule has 1 aromatic rings. The average Bonchev–Trinajstić information content (AvgIpc) is 2.37. The second kappa shape index (κ2) is 7.97. The van der Waals surface area contributed by atoms with Crippen LogP contribution in [0.2, 0.25) is 0 Å². The first kappa shape index (κ1) is 17.4. The van der Waals surface area contributed by atoms with Gasteiger partial charge in [0.1, 0.15) is 6.61 Å². The first-order valence-electron chi connectivity index (χ1n) is 5.85. The summed E-state index contributed by atoms with van der Waals surface area (Å²) < 4.78 is 33.1. The summed E-state index contributed by atoms with van der Waals surface area (Å²) in [5.41, 5.74) is 0.0993. The van der Waals surface area contributed by atoms with Gasteiger partial charge in [-0.1, -0.05) is 6.92 Å². The molecule has 112 valence electrons. The van der Waals surface area contributed by atoms with Crippen molar-refractivity contribution in [3.05, 3.63) is 28.2 Å². The Kier molecular flexibility index (Phi) is 6.94. The van der Waals surface area contributed by atoms with Crippen LogP contribution < -0.4 is 0 Å². The Bertz CT molecular complexity index is 573. The van der Waals surface area contributed by atoms with Gasteiger partial charge < -0.3 is 9.47 Å². The van der Waals surface area contributed by atoms with Crippen LogP contribution in [0.5, 0.6) is 0 Å². The standard InChI is InChI=1S/C12H14BrClO5S/c1-2-5-18-6-7-19-12(15)10-8-9(20(14,16)17)3-4-11(10)13/h3-4,8H,2,5-7H2,1H3. The van der Waals surface area contributed by atoms with Crippen molar-refractivity contribution < 1.29 is 22.7 Å². The summed E-state index contributed by atoms with van der Waals surface area (Å²) in [5, 5.41) is 0. The van der Waals surface area contributed by atoms with Crippen molar-refractivity contribution in [1.82, 2.24) is 0 Å². The van der Waals surface area contributed by atoms with E-state index in [1.165, 1.54) is 18.2 Å². The SMILES string of the molecule is CCCOCCOC(=O)c1cc(S(=O)(=O)Cl)ccc1Br. The monoisotopic (exact) mass is 384 g/mol. The minimum atomic E-state index is -3.89. The maximum absolute atomic E-state index is 11.8. The number of ether oxygens (including phenoxy) is 2. The van der Waals surface area contributed by atoms with Gasteiger partial charge in [-0.25, -0.2) is 13.2 Å². The van der Waals surface area contributed by atoms with Gasteiger partial charge in [0.2, 0.25) is 0 Å². The number of halogens is 2. The first-order valence-corrected chi connectivity index (χ1v) is 8.95. The maximum atomic E-state index is 11.8. The number of esters is 1. The zero-order chi connectivity index (χ0) is 15.2. The van der Waals surface area contributed by atoms with Gasteiger partial charge in [0.05, 0.1) is 17.1 Å². The van der Waals surface area contributed by atoms with Crippen LogP contribution in [-0.4, -0.2) is 34.2 Å². The van der Waals surface area contributed by atoms with Crippen LogP contribution in [-0.2, 0) is 18.5 Å². The highest BCUT2D eigenvalue weighted by molar-refractivity contribution is 9.10. The van der Waals surface area contributed by atoms with E-state index < -0.39 is 15.0 Å². The molecule has 0 saturated carbocycles. The predicted molar refractivity (Wildman–Crippen MR) is 78.6 cm³/mol. The number of hydrogen-bond acceptors (Lipinski definition) is 5. The Morgan fingerprint density at radius 2 is 2.00 bits per heavy atom. The van der Waals surface area contributed by atoms with Crippen LogP contribution in [0.25, 0.3) is 0 Å². The molecule has 0 heterocycles. The molecule has 0 radical (unpaired) electrons. The number of carbonyl (C=O) groups is 1. The van der Waals surface area contributed by atoms with Crippen molar-refractivity contribution in [2.45, 2.75) is 18.2 Å². The highest BCUT2D eigenvalue weighted by atomic mass is 79.9. The maximum Gasteiger partial charge on any atom is 0.339 e. The highest BCUT2D eigenvalue weighted by Gasteiger charge is 2.17. The lowest BCUT2D eigenvalue weighted by Gasteiger charge is -2.08. The molecule has 1 rings (SSSR count). The molecule has 0 N–H and O–H groups in total. The highest BCUT2D eigenvalue weighted by Crippen LogP contribution is 2.23. The smallest absolute Gasteiger partial charge is 0.339 e. The lowest BCUT2D eigenvalue weighted by molar-refractivity contribution is 0.0317. The van der Waals surface area contributed by atoms with Gasteiger partial charge >= 0.3 is 5.97 Å². The number of rotatable bonds is 7. The molecule has 0 amide bonds. The van der Waals surface area contributed by atoms with Gasteiger partial charge in [-0.05, 0) is 40.5 Å². The van der Waals surface area contributed by atoms with Crippen molar-refractivity contribution in [2.24, 2.45) is 0 Å². The lowest BCUT2D eigenvalue weighted by atomic mass is 10.2. The zero-order valence-corrected chi connectivity index (χ0v) is 13.9. The summed E-state index contributed by atoms with van der Waals surface area (Å²) in [4.78, 5) is 11.7. The molecule has 1 aromatic carbocycles. The molecule has 0 fully saturated rings. The van der Waals surface area contributed by atoms with E-state index in [2.05, 4.69) is 15.9 Å². The normalized spacial score (nSPS) is 11.3. The van der Waals surface area contributed by atoms with Gasteiger partial charge in [-0.15, -0.1) is 0 Å². The molecule has 0 aliphatic heterocycles. The van der Waals surface area contributed by atoms with Gasteiger partial charge in [0, 0.05) is 21.8 Å². The average molecular weight is 386 g/mol. The summed E-state index contributed by atoms with van der Waals surface area (Å²) in [6.45, 7) is 2.97. The van der Waals surface area contributed by atoms with E-state index in [1.54, 1.807) is 0 Å². The van der Waals surface area contributed by atoms with Crippen LogP contribution >= 0.6 is 26.6 Å². The Morgan fingerprint density at radius 3 is 2.60 bits per heavy atom. The predicted octanol–water partition coefficient (Wildman–Crippen LogP) is 2.96. The molecular formula is C12H14BrClO5S. The summed E-state index contributed by atoms with van der Waals surface area (Å²) in [5.74, 6) is -0.640. The van der Waals surface area contributed by atoms with Crippen molar-refractivity contribution in [3.63, 3.8) is 0 Å². The second-order valence-electron chi connectivity index (χ2n) is 3.83. The minimum Gasteiger partial charge on any atom is -0.460 e. The van der Waals surface area contributed by atoms with Crippen molar-refractivity contribution in [2.75, 3.05) is 19.8 Å². The van der Waals surface area contributed by atoms with E-state index in [0.29, 0.717) is 17.7 Å². The number of benzene rings is 1. The fraction of sp³-hybridized carbons (Fsp3) is 0.417. The molecule has 0 aliphatic carbocycles. The lowest BCUT2D eigenvalue weighted by Crippen LogP contribution is -2.12. The Morgan fingerprint density at radius 1 is 1.30 bits per heavy atom. The van der Waals surface area contributed by atoms with Crippen LogP contribution in [0.15, 0.2) is 27.6 Å². The van der Waals surface area contributed by atoms with Crippen LogP contribution in [0.4, 0.5) is 0 Å². The van der Waals surface area contributed by atoms with Crippen molar-refractivity contribution in [1.29, 1.82) is 0 Å². The second-order valence-corrected chi connectivity index (χ2v) is 7.25. The van der Waals surface area contributed by atoms with Crippen LogP contribution in [0, 0.1) is 0 Å². The summed E-state index contributed by atoms with van der Waals surface area (Å²) in [6, 6.07) is 3.90. The zero-order valence-electron chi connectivity index (χ0n) is 10.8. The molecule has 8 heteroatoms. The molecule has 20 heavy (non-hydrogen) atoms. The molecule has 0 unspecified atom stereocenters. The Labute approximate surface area is 130 Å². The van der Waals surface area contributed by atoms with Crippen molar-refractivity contribution >= 4 is 41.6 Å². The molecule has 0 bridgehead atoms. The third-order valence-corrected chi connectivity index (χ3v) is 4.29. The van der Waals surface area contributed by atoms with Gasteiger partial charge in [-0.3, -0.25) is 0 Å². The van der Waals surface area contributed by atoms with Gasteiger partial charge in [0.25, 0.3) is 9.05 Å². The summed E-state index contributed by atoms with van der Waals surface area (Å²) in [7, 11) is 1.34. The molecule has 0 spiro atoms. The van der Waals surface area contributed by atoms with E-state index >= 15 is 0 Å². The van der Waals surface area contributed by atoms with E-state index in [-0.39, 0.29) is 17.1 Å². The molecule has 0 aliphatic rings. The van der Waals surface area contributed by atoms with Crippen LogP contribution in [0.1, 0.15) is 23.7 Å². The summed E-state index contributed by atoms with van der Waals surface area (Å²) >= 11 is 3.16.